The van der Waals surface area contributed by atoms with Crippen LogP contribution in [0.3, 0.4) is 0 Å². The van der Waals surface area contributed by atoms with Gasteiger partial charge in [-0.25, -0.2) is 4.79 Å². The van der Waals surface area contributed by atoms with Crippen molar-refractivity contribution in [3.63, 3.8) is 0 Å². The molecule has 0 aromatic heterocycles. The second-order valence-electron chi connectivity index (χ2n) is 4.60. The summed E-state index contributed by atoms with van der Waals surface area (Å²) >= 11 is 12.1. The summed E-state index contributed by atoms with van der Waals surface area (Å²) in [5.74, 6) is -4.17. The van der Waals surface area contributed by atoms with E-state index in [0.717, 1.165) is 0 Å². The lowest BCUT2D eigenvalue weighted by Gasteiger charge is -2.11. The minimum atomic E-state index is -2.63. The predicted octanol–water partition coefficient (Wildman–Crippen LogP) is 5.10. The van der Waals surface area contributed by atoms with E-state index in [1.54, 1.807) is 18.2 Å². The minimum absolute atomic E-state index is 0.0488. The van der Waals surface area contributed by atoms with E-state index in [1.807, 2.05) is 0 Å². The van der Waals surface area contributed by atoms with E-state index in [0.29, 0.717) is 11.8 Å². The number of nitrogens with one attached hydrogen (secondary N) is 1. The molecule has 0 aliphatic carbocycles. The van der Waals surface area contributed by atoms with Crippen LogP contribution >= 0.6 is 35.0 Å². The Kier molecular flexibility index (Phi) is 7.04. The predicted molar refractivity (Wildman–Crippen MR) is 93.7 cm³/mol. The maximum Gasteiger partial charge on any atom is 0.341 e. The summed E-state index contributed by atoms with van der Waals surface area (Å²) in [6.07, 6.45) is 0. The number of benzene rings is 2. The molecule has 9 heteroatoms. The van der Waals surface area contributed by atoms with Gasteiger partial charge in [0.05, 0.1) is 21.3 Å². The van der Waals surface area contributed by atoms with Crippen LogP contribution in [0.5, 0.6) is 0 Å². The van der Waals surface area contributed by atoms with Crippen molar-refractivity contribution in [1.82, 2.24) is 0 Å². The van der Waals surface area contributed by atoms with Gasteiger partial charge in [-0.05, 0) is 24.3 Å². The first-order valence-corrected chi connectivity index (χ1v) is 8.47. The van der Waals surface area contributed by atoms with Crippen LogP contribution in [0.1, 0.15) is 10.4 Å². The number of halogens is 4. The number of esters is 1. The first-order valence-electron chi connectivity index (χ1n) is 6.83. The number of rotatable bonds is 6. The largest absolute Gasteiger partial charge is 0.452 e. The van der Waals surface area contributed by atoms with Crippen molar-refractivity contribution in [2.75, 3.05) is 11.9 Å². The monoisotopic (exact) mass is 405 g/mol. The minimum Gasteiger partial charge on any atom is -0.452 e. The molecule has 4 nitrogen and oxygen atoms in total. The highest BCUT2D eigenvalue weighted by atomic mass is 35.5. The smallest absolute Gasteiger partial charge is 0.341 e. The normalized spacial score (nSPS) is 10.6. The molecule has 25 heavy (non-hydrogen) atoms. The number of ether oxygens (including phenoxy) is 1. The van der Waals surface area contributed by atoms with E-state index >= 15 is 0 Å². The zero-order valence-electron chi connectivity index (χ0n) is 12.5. The molecule has 0 aliphatic rings. The second-order valence-corrected chi connectivity index (χ2v) is 6.44. The Labute approximate surface area is 156 Å². The molecular weight excluding hydrogens is 395 g/mol. The van der Waals surface area contributed by atoms with Gasteiger partial charge in [0, 0.05) is 4.90 Å². The summed E-state index contributed by atoms with van der Waals surface area (Å²) in [5.41, 5.74) is 0.150. The van der Waals surface area contributed by atoms with Crippen molar-refractivity contribution in [3.8, 4) is 0 Å². The number of carbonyl (C=O) groups excluding carboxylic acids is 2. The quantitative estimate of drug-likeness (QED) is 0.536. The molecule has 0 fully saturated rings. The van der Waals surface area contributed by atoms with Crippen molar-refractivity contribution < 1.29 is 23.1 Å². The first kappa shape index (κ1) is 19.5. The Bertz CT molecular complexity index is 769. The van der Waals surface area contributed by atoms with Crippen LogP contribution in [-0.2, 0) is 9.53 Å². The molecule has 1 amide bonds. The van der Waals surface area contributed by atoms with Crippen LogP contribution in [-0.4, -0.2) is 24.2 Å². The molecule has 2 rings (SSSR count). The van der Waals surface area contributed by atoms with Crippen molar-refractivity contribution >= 4 is 52.5 Å². The third-order valence-corrected chi connectivity index (χ3v) is 4.30. The van der Waals surface area contributed by atoms with Crippen LogP contribution in [0.15, 0.2) is 47.4 Å². The molecule has 2 aromatic carbocycles. The number of hydrogen-bond donors (Lipinski definition) is 1. The van der Waals surface area contributed by atoms with Gasteiger partial charge in [-0.2, -0.15) is 8.78 Å². The summed E-state index contributed by atoms with van der Waals surface area (Å²) in [7, 11) is 0. The maximum atomic E-state index is 12.5. The fourth-order valence-corrected chi connectivity index (χ4v) is 3.00. The maximum absolute atomic E-state index is 12.5. The van der Waals surface area contributed by atoms with Crippen molar-refractivity contribution in [2.24, 2.45) is 0 Å². The van der Waals surface area contributed by atoms with Crippen LogP contribution in [0.25, 0.3) is 0 Å². The van der Waals surface area contributed by atoms with E-state index in [-0.39, 0.29) is 26.2 Å². The number of amides is 1. The molecule has 132 valence electrons. The summed E-state index contributed by atoms with van der Waals surface area (Å²) in [6.45, 7) is -0.617. The number of hydrogen-bond acceptors (Lipinski definition) is 4. The summed E-state index contributed by atoms with van der Waals surface area (Å²) < 4.78 is 29.9. The topological polar surface area (TPSA) is 55.4 Å². The fourth-order valence-electron chi connectivity index (χ4n) is 1.85. The highest BCUT2D eigenvalue weighted by Crippen LogP contribution is 2.31. The van der Waals surface area contributed by atoms with Crippen LogP contribution in [0, 0.1) is 0 Å². The molecule has 0 radical (unpaired) electrons. The molecule has 0 spiro atoms. The third-order valence-electron chi connectivity index (χ3n) is 2.88. The number of anilines is 1. The molecule has 2 aromatic rings. The third kappa shape index (κ3) is 5.59. The molecule has 0 aliphatic heterocycles. The highest BCUT2D eigenvalue weighted by molar-refractivity contribution is 7.99. The average Bonchev–Trinajstić information content (AvgIpc) is 2.54. The van der Waals surface area contributed by atoms with E-state index in [1.165, 1.54) is 24.3 Å². The van der Waals surface area contributed by atoms with E-state index < -0.39 is 24.2 Å². The number of thioether (sulfide) groups is 1. The zero-order chi connectivity index (χ0) is 18.4. The van der Waals surface area contributed by atoms with Gasteiger partial charge in [0.2, 0.25) is 0 Å². The number of para-hydroxylation sites is 1. The fraction of sp³-hybridized carbons (Fsp3) is 0.125. The van der Waals surface area contributed by atoms with Gasteiger partial charge in [-0.1, -0.05) is 53.2 Å². The lowest BCUT2D eigenvalue weighted by Crippen LogP contribution is -2.21. The van der Waals surface area contributed by atoms with Crippen LogP contribution < -0.4 is 5.32 Å². The highest BCUT2D eigenvalue weighted by Gasteiger charge is 2.18. The molecule has 0 saturated carbocycles. The SMILES string of the molecule is O=C(COC(=O)c1c(Cl)cccc1Cl)Nc1ccccc1SC(F)F. The van der Waals surface area contributed by atoms with Crippen molar-refractivity contribution in [1.29, 1.82) is 0 Å². The van der Waals surface area contributed by atoms with E-state index in [4.69, 9.17) is 27.9 Å². The van der Waals surface area contributed by atoms with Crippen LogP contribution in [0.4, 0.5) is 14.5 Å². The molecule has 0 unspecified atom stereocenters. The second kappa shape index (κ2) is 9.03. The Balaban J connectivity index is 1.99. The van der Waals surface area contributed by atoms with E-state index in [2.05, 4.69) is 5.32 Å². The number of alkyl halides is 2. The summed E-state index contributed by atoms with van der Waals surface area (Å²) in [5, 5.41) is 2.60. The van der Waals surface area contributed by atoms with Gasteiger partial charge >= 0.3 is 5.97 Å². The Morgan fingerprint density at radius 2 is 1.72 bits per heavy atom. The summed E-state index contributed by atoms with van der Waals surface area (Å²) in [4.78, 5) is 24.1. The molecule has 0 heterocycles. The van der Waals surface area contributed by atoms with Gasteiger partial charge in [-0.3, -0.25) is 4.79 Å². The Hall–Kier alpha value is -1.83. The van der Waals surface area contributed by atoms with Gasteiger partial charge in [0.15, 0.2) is 6.61 Å². The standard InChI is InChI=1S/C16H11Cl2F2NO3S/c17-9-4-3-5-10(18)14(9)15(23)24-8-13(22)21-11-6-1-2-7-12(11)25-16(19)20/h1-7,16H,8H2,(H,21,22). The first-order chi connectivity index (χ1) is 11.9. The van der Waals surface area contributed by atoms with Gasteiger partial charge in [-0.15, -0.1) is 0 Å². The van der Waals surface area contributed by atoms with Crippen molar-refractivity contribution in [3.05, 3.63) is 58.1 Å². The molecular formula is C16H11Cl2F2NO3S. The van der Waals surface area contributed by atoms with Gasteiger partial charge in [0.1, 0.15) is 0 Å². The van der Waals surface area contributed by atoms with Crippen LogP contribution in [0.2, 0.25) is 10.0 Å². The Morgan fingerprint density at radius 1 is 1.08 bits per heavy atom. The molecule has 0 bridgehead atoms. The molecule has 0 atom stereocenters. The number of carbonyl (C=O) groups is 2. The van der Waals surface area contributed by atoms with Crippen molar-refractivity contribution in [2.45, 2.75) is 10.7 Å². The lowest BCUT2D eigenvalue weighted by atomic mass is 10.2. The average molecular weight is 406 g/mol. The summed E-state index contributed by atoms with van der Waals surface area (Å²) in [6, 6.07) is 10.5. The zero-order valence-corrected chi connectivity index (χ0v) is 14.8. The molecule has 0 saturated heterocycles. The Morgan fingerprint density at radius 3 is 2.36 bits per heavy atom. The van der Waals surface area contributed by atoms with Gasteiger partial charge in [0.25, 0.3) is 11.7 Å². The lowest BCUT2D eigenvalue weighted by molar-refractivity contribution is -0.119. The van der Waals surface area contributed by atoms with E-state index in [9.17, 15) is 18.4 Å². The molecule has 1 N–H and O–H groups in total. The van der Waals surface area contributed by atoms with Gasteiger partial charge < -0.3 is 10.1 Å².